The number of hydrogen-bond acceptors (Lipinski definition) is 3. The highest BCUT2D eigenvalue weighted by Gasteiger charge is 2.23. The van der Waals surface area contributed by atoms with Gasteiger partial charge in [0.25, 0.3) is 0 Å². The van der Waals surface area contributed by atoms with Gasteiger partial charge in [0.15, 0.2) is 5.76 Å². The zero-order valence-electron chi connectivity index (χ0n) is 13.9. The second-order valence-corrected chi connectivity index (χ2v) is 6.05. The van der Waals surface area contributed by atoms with Crippen molar-refractivity contribution in [1.82, 2.24) is 0 Å². The molecule has 1 aliphatic heterocycles. The Morgan fingerprint density at radius 2 is 1.84 bits per heavy atom. The summed E-state index contributed by atoms with van der Waals surface area (Å²) in [7, 11) is 0. The van der Waals surface area contributed by atoms with E-state index in [-0.39, 0.29) is 5.76 Å². The first-order chi connectivity index (χ1) is 12.2. The van der Waals surface area contributed by atoms with E-state index in [4.69, 9.17) is 21.1 Å². The number of aliphatic imine (C=N–C) groups is 1. The third kappa shape index (κ3) is 4.48. The molecule has 0 spiro atoms. The Labute approximate surface area is 151 Å². The van der Waals surface area contributed by atoms with Gasteiger partial charge in [0.05, 0.1) is 6.61 Å². The van der Waals surface area contributed by atoms with Crippen LogP contribution in [0.4, 0.5) is 0 Å². The molecule has 0 atom stereocenters. The van der Waals surface area contributed by atoms with Crippen LogP contribution >= 0.6 is 11.6 Å². The van der Waals surface area contributed by atoms with Gasteiger partial charge in [-0.2, -0.15) is 4.99 Å². The number of ether oxygens (including phenoxy) is 2. The van der Waals surface area contributed by atoms with Crippen LogP contribution in [0.25, 0.3) is 6.08 Å². The minimum atomic E-state index is -0.395. The largest absolute Gasteiger partial charge is 0.494 e. The molecule has 5 heteroatoms. The standard InChI is InChI=1S/C20H18ClNO3/c1-2-3-12-24-17-10-6-15(7-11-17)20-22-19(23)18(25-20)13-14-4-8-16(21)9-5-14/h4-11,13H,2-3,12H2,1H3. The Bertz CT molecular complexity index is 808. The molecule has 0 fully saturated rings. The van der Waals surface area contributed by atoms with Crippen molar-refractivity contribution >= 4 is 29.5 Å². The molecule has 4 nitrogen and oxygen atoms in total. The monoisotopic (exact) mass is 355 g/mol. The lowest BCUT2D eigenvalue weighted by Gasteiger charge is -2.06. The fourth-order valence-electron chi connectivity index (χ4n) is 2.27. The van der Waals surface area contributed by atoms with Crippen LogP contribution in [0, 0.1) is 0 Å². The van der Waals surface area contributed by atoms with E-state index < -0.39 is 5.91 Å². The van der Waals surface area contributed by atoms with E-state index >= 15 is 0 Å². The van der Waals surface area contributed by atoms with E-state index in [9.17, 15) is 4.79 Å². The lowest BCUT2D eigenvalue weighted by atomic mass is 10.2. The van der Waals surface area contributed by atoms with E-state index in [2.05, 4.69) is 11.9 Å². The summed E-state index contributed by atoms with van der Waals surface area (Å²) in [6.45, 7) is 2.81. The molecule has 1 amide bonds. The second-order valence-electron chi connectivity index (χ2n) is 5.61. The number of carbonyl (C=O) groups excluding carboxylic acids is 1. The summed E-state index contributed by atoms with van der Waals surface area (Å²) in [5, 5.41) is 0.638. The van der Waals surface area contributed by atoms with Gasteiger partial charge >= 0.3 is 5.91 Å². The maximum Gasteiger partial charge on any atom is 0.316 e. The minimum absolute atomic E-state index is 0.195. The van der Waals surface area contributed by atoms with Crippen LogP contribution in [0.15, 0.2) is 59.3 Å². The van der Waals surface area contributed by atoms with Crippen LogP contribution < -0.4 is 4.74 Å². The molecule has 0 saturated carbocycles. The fourth-order valence-corrected chi connectivity index (χ4v) is 2.40. The van der Waals surface area contributed by atoms with Crippen molar-refractivity contribution < 1.29 is 14.3 Å². The summed E-state index contributed by atoms with van der Waals surface area (Å²) in [6, 6.07) is 14.5. The van der Waals surface area contributed by atoms with Crippen LogP contribution in [0.2, 0.25) is 5.02 Å². The average molecular weight is 356 g/mol. The number of rotatable bonds is 6. The molecule has 3 rings (SSSR count). The van der Waals surface area contributed by atoms with Crippen LogP contribution in [0.5, 0.6) is 5.75 Å². The summed E-state index contributed by atoms with van der Waals surface area (Å²) >= 11 is 5.86. The molecule has 0 bridgehead atoms. The van der Waals surface area contributed by atoms with Gasteiger partial charge in [-0.25, -0.2) is 0 Å². The Morgan fingerprint density at radius 1 is 1.12 bits per heavy atom. The van der Waals surface area contributed by atoms with Gasteiger partial charge in [0.1, 0.15) is 5.75 Å². The molecule has 0 N–H and O–H groups in total. The summed E-state index contributed by atoms with van der Waals surface area (Å²) in [5.74, 6) is 0.887. The highest BCUT2D eigenvalue weighted by atomic mass is 35.5. The molecule has 1 heterocycles. The van der Waals surface area contributed by atoms with E-state index in [0.717, 1.165) is 29.7 Å². The van der Waals surface area contributed by atoms with Gasteiger partial charge in [0, 0.05) is 10.6 Å². The molecule has 0 unspecified atom stereocenters. The van der Waals surface area contributed by atoms with Crippen LogP contribution in [0.3, 0.4) is 0 Å². The number of benzene rings is 2. The number of amides is 1. The van der Waals surface area contributed by atoms with Gasteiger partial charge in [-0.1, -0.05) is 37.1 Å². The zero-order valence-corrected chi connectivity index (χ0v) is 14.6. The highest BCUT2D eigenvalue weighted by Crippen LogP contribution is 2.21. The quantitative estimate of drug-likeness (QED) is 0.549. The maximum atomic E-state index is 12.0. The van der Waals surface area contributed by atoms with Crippen molar-refractivity contribution in [2.45, 2.75) is 19.8 Å². The Balaban J connectivity index is 1.69. The predicted molar refractivity (Wildman–Crippen MR) is 98.9 cm³/mol. The normalized spacial score (nSPS) is 15.2. The van der Waals surface area contributed by atoms with E-state index in [1.807, 2.05) is 36.4 Å². The van der Waals surface area contributed by atoms with Gasteiger partial charge < -0.3 is 9.47 Å². The molecular formula is C20H18ClNO3. The van der Waals surface area contributed by atoms with Gasteiger partial charge in [0.2, 0.25) is 5.90 Å². The molecule has 2 aromatic rings. The first kappa shape index (κ1) is 17.2. The van der Waals surface area contributed by atoms with Crippen molar-refractivity contribution in [3.05, 3.63) is 70.4 Å². The number of carbonyl (C=O) groups is 1. The first-order valence-corrected chi connectivity index (χ1v) is 8.55. The molecular weight excluding hydrogens is 338 g/mol. The van der Waals surface area contributed by atoms with Crippen molar-refractivity contribution in [3.63, 3.8) is 0 Å². The van der Waals surface area contributed by atoms with Gasteiger partial charge in [-0.05, 0) is 54.5 Å². The molecule has 0 aromatic heterocycles. The second kappa shape index (κ2) is 7.99. The van der Waals surface area contributed by atoms with E-state index in [1.54, 1.807) is 18.2 Å². The number of halogens is 1. The Kier molecular flexibility index (Phi) is 5.51. The molecule has 0 saturated heterocycles. The van der Waals surface area contributed by atoms with Gasteiger partial charge in [-0.3, -0.25) is 4.79 Å². The molecule has 0 radical (unpaired) electrons. The van der Waals surface area contributed by atoms with Gasteiger partial charge in [-0.15, -0.1) is 0 Å². The molecule has 1 aliphatic rings. The topological polar surface area (TPSA) is 47.9 Å². The van der Waals surface area contributed by atoms with Crippen molar-refractivity contribution in [3.8, 4) is 5.75 Å². The maximum absolute atomic E-state index is 12.0. The lowest BCUT2D eigenvalue weighted by Crippen LogP contribution is -2.01. The summed E-state index contributed by atoms with van der Waals surface area (Å²) in [4.78, 5) is 16.0. The number of unbranched alkanes of at least 4 members (excludes halogenated alkanes) is 1. The number of nitrogens with zero attached hydrogens (tertiary/aromatic N) is 1. The average Bonchev–Trinajstić information content (AvgIpc) is 2.98. The molecule has 0 aliphatic carbocycles. The SMILES string of the molecule is CCCCOc1ccc(C2=NC(=O)C(=Cc3ccc(Cl)cc3)O2)cc1. The third-order valence-electron chi connectivity index (χ3n) is 3.66. The summed E-state index contributed by atoms with van der Waals surface area (Å²) in [6.07, 6.45) is 3.76. The van der Waals surface area contributed by atoms with E-state index in [1.165, 1.54) is 0 Å². The van der Waals surface area contributed by atoms with Crippen molar-refractivity contribution in [1.29, 1.82) is 0 Å². The molecule has 128 valence electrons. The molecule has 25 heavy (non-hydrogen) atoms. The molecule has 2 aromatic carbocycles. The van der Waals surface area contributed by atoms with Crippen LogP contribution in [-0.2, 0) is 9.53 Å². The predicted octanol–water partition coefficient (Wildman–Crippen LogP) is 4.86. The van der Waals surface area contributed by atoms with Crippen LogP contribution in [0.1, 0.15) is 30.9 Å². The smallest absolute Gasteiger partial charge is 0.316 e. The summed E-state index contributed by atoms with van der Waals surface area (Å²) in [5.41, 5.74) is 1.56. The fraction of sp³-hybridized carbons (Fsp3) is 0.200. The minimum Gasteiger partial charge on any atom is -0.494 e. The zero-order chi connectivity index (χ0) is 17.6. The van der Waals surface area contributed by atoms with Crippen molar-refractivity contribution in [2.24, 2.45) is 4.99 Å². The highest BCUT2D eigenvalue weighted by molar-refractivity contribution is 6.30. The van der Waals surface area contributed by atoms with E-state index in [0.29, 0.717) is 17.5 Å². The summed E-state index contributed by atoms with van der Waals surface area (Å²) < 4.78 is 11.2. The first-order valence-electron chi connectivity index (χ1n) is 8.17. The Hall–Kier alpha value is -2.59. The van der Waals surface area contributed by atoms with Crippen molar-refractivity contribution in [2.75, 3.05) is 6.61 Å². The Morgan fingerprint density at radius 3 is 2.52 bits per heavy atom. The lowest BCUT2D eigenvalue weighted by molar-refractivity contribution is -0.115. The third-order valence-corrected chi connectivity index (χ3v) is 3.91. The van der Waals surface area contributed by atoms with Crippen LogP contribution in [-0.4, -0.2) is 18.4 Å². The number of hydrogen-bond donors (Lipinski definition) is 0.